The van der Waals surface area contributed by atoms with E-state index >= 15 is 0 Å². The van der Waals surface area contributed by atoms with Gasteiger partial charge >= 0.3 is 5.97 Å². The van der Waals surface area contributed by atoms with E-state index in [0.29, 0.717) is 6.61 Å². The smallest absolute Gasteiger partial charge is 0.327 e. The number of carboxylic acids is 1. The van der Waals surface area contributed by atoms with Gasteiger partial charge in [-0.15, -0.1) is 0 Å². The molecule has 1 fully saturated rings. The minimum Gasteiger partial charge on any atom is -0.478 e. The lowest BCUT2D eigenvalue weighted by molar-refractivity contribution is -0.131. The molecule has 1 aromatic heterocycles. The van der Waals surface area contributed by atoms with E-state index in [1.165, 1.54) is 6.08 Å². The maximum absolute atomic E-state index is 11.0. The second-order valence-corrected chi connectivity index (χ2v) is 12.5. The monoisotopic (exact) mass is 349 g/mol. The molecule has 0 bridgehead atoms. The van der Waals surface area contributed by atoms with Gasteiger partial charge in [-0.1, -0.05) is 32.9 Å². The lowest BCUT2D eigenvalue weighted by Gasteiger charge is -2.39. The van der Waals surface area contributed by atoms with Crippen molar-refractivity contribution in [3.8, 4) is 0 Å². The van der Waals surface area contributed by atoms with Crippen LogP contribution in [0.1, 0.15) is 32.4 Å². The summed E-state index contributed by atoms with van der Waals surface area (Å²) in [4.78, 5) is 15.1. The molecule has 0 radical (unpaired) electrons. The number of nitrogens with zero attached hydrogens (tertiary/aromatic N) is 1. The van der Waals surface area contributed by atoms with Crippen molar-refractivity contribution < 1.29 is 19.1 Å². The predicted molar refractivity (Wildman–Crippen MR) is 95.3 cm³/mol. The van der Waals surface area contributed by atoms with Crippen LogP contribution in [-0.4, -0.2) is 37.1 Å². The van der Waals surface area contributed by atoms with E-state index in [-0.39, 0.29) is 23.2 Å². The first-order valence-electron chi connectivity index (χ1n) is 8.22. The van der Waals surface area contributed by atoms with Crippen molar-refractivity contribution in [1.29, 1.82) is 0 Å². The van der Waals surface area contributed by atoms with Crippen molar-refractivity contribution >= 4 is 14.3 Å². The number of pyridine rings is 1. The molecule has 6 heteroatoms. The Morgan fingerprint density at radius 1 is 1.46 bits per heavy atom. The Kier molecular flexibility index (Phi) is 5.62. The lowest BCUT2D eigenvalue weighted by Crippen LogP contribution is -2.45. The van der Waals surface area contributed by atoms with Crippen LogP contribution in [0.2, 0.25) is 18.1 Å². The quantitative estimate of drug-likeness (QED) is 0.647. The second kappa shape index (κ2) is 7.17. The molecule has 0 amide bonds. The molecule has 1 aliphatic heterocycles. The topological polar surface area (TPSA) is 68.7 Å². The van der Waals surface area contributed by atoms with Crippen LogP contribution in [0.25, 0.3) is 0 Å². The number of hydrogen-bond acceptors (Lipinski definition) is 4. The van der Waals surface area contributed by atoms with Crippen molar-refractivity contribution in [1.82, 2.24) is 4.98 Å². The third kappa shape index (κ3) is 4.31. The Bertz CT molecular complexity index is 595. The molecule has 2 heterocycles. The van der Waals surface area contributed by atoms with Gasteiger partial charge in [-0.2, -0.15) is 0 Å². The average molecular weight is 350 g/mol. The Morgan fingerprint density at radius 3 is 2.71 bits per heavy atom. The summed E-state index contributed by atoms with van der Waals surface area (Å²) in [6, 6.07) is 3.81. The lowest BCUT2D eigenvalue weighted by atomic mass is 9.94. The molecule has 24 heavy (non-hydrogen) atoms. The predicted octanol–water partition coefficient (Wildman–Crippen LogP) is 3.80. The Labute approximate surface area is 144 Å². The van der Waals surface area contributed by atoms with Gasteiger partial charge in [-0.05, 0) is 29.8 Å². The zero-order valence-electron chi connectivity index (χ0n) is 15.0. The standard InChI is InChI=1S/C18H27NO4Si/c1-18(2,3)24(4,5)23-15-12-22-17(13-7-6-10-19-11-13)14(15)8-9-16(20)21/h6-11,14-15,17H,12H2,1-5H3,(H,20,21)/b9-8+/t14-,15-,17-/m1/s1. The highest BCUT2D eigenvalue weighted by Gasteiger charge is 2.45. The number of rotatable bonds is 5. The van der Waals surface area contributed by atoms with Gasteiger partial charge < -0.3 is 14.3 Å². The van der Waals surface area contributed by atoms with Gasteiger partial charge in [-0.25, -0.2) is 4.79 Å². The fraction of sp³-hybridized carbons (Fsp3) is 0.556. The van der Waals surface area contributed by atoms with Gasteiger partial charge in [0.1, 0.15) is 0 Å². The maximum Gasteiger partial charge on any atom is 0.327 e. The highest BCUT2D eigenvalue weighted by molar-refractivity contribution is 6.74. The van der Waals surface area contributed by atoms with Gasteiger partial charge in [0.25, 0.3) is 0 Å². The van der Waals surface area contributed by atoms with E-state index in [4.69, 9.17) is 14.3 Å². The van der Waals surface area contributed by atoms with Crippen LogP contribution in [-0.2, 0) is 14.0 Å². The molecule has 3 atom stereocenters. The number of carboxylic acid groups (broad SMARTS) is 1. The van der Waals surface area contributed by atoms with Gasteiger partial charge in [0.05, 0.1) is 18.8 Å². The van der Waals surface area contributed by atoms with E-state index in [0.717, 1.165) is 5.56 Å². The van der Waals surface area contributed by atoms with Gasteiger partial charge in [0.15, 0.2) is 8.32 Å². The molecular formula is C18H27NO4Si. The fourth-order valence-corrected chi connectivity index (χ4v) is 3.90. The van der Waals surface area contributed by atoms with Crippen molar-refractivity contribution in [3.63, 3.8) is 0 Å². The van der Waals surface area contributed by atoms with Gasteiger partial charge in [0.2, 0.25) is 0 Å². The zero-order valence-corrected chi connectivity index (χ0v) is 16.0. The van der Waals surface area contributed by atoms with Crippen molar-refractivity contribution in [2.75, 3.05) is 6.61 Å². The molecular weight excluding hydrogens is 322 g/mol. The second-order valence-electron chi connectivity index (χ2n) is 7.73. The SMILES string of the molecule is CC(C)(C)[Si](C)(C)O[C@@H]1CO[C@H](c2cccnc2)[C@@H]1/C=C/C(=O)O. The molecule has 1 saturated heterocycles. The molecule has 0 unspecified atom stereocenters. The Hall–Kier alpha value is -1.50. The first-order valence-corrected chi connectivity index (χ1v) is 11.1. The van der Waals surface area contributed by atoms with Crippen LogP contribution < -0.4 is 0 Å². The highest BCUT2D eigenvalue weighted by atomic mass is 28.4. The summed E-state index contributed by atoms with van der Waals surface area (Å²) in [5.41, 5.74) is 0.943. The maximum atomic E-state index is 11.0. The van der Waals surface area contributed by atoms with E-state index in [1.54, 1.807) is 18.5 Å². The number of hydrogen-bond donors (Lipinski definition) is 1. The summed E-state index contributed by atoms with van der Waals surface area (Å²) in [7, 11) is -1.98. The normalized spacial score (nSPS) is 25.3. The molecule has 1 N–H and O–H groups in total. The average Bonchev–Trinajstić information content (AvgIpc) is 2.87. The summed E-state index contributed by atoms with van der Waals surface area (Å²) in [5, 5.41) is 9.09. The van der Waals surface area contributed by atoms with Crippen molar-refractivity contribution in [3.05, 3.63) is 42.2 Å². The molecule has 2 rings (SSSR count). The van der Waals surface area contributed by atoms with Crippen LogP contribution in [0.4, 0.5) is 0 Å². The van der Waals surface area contributed by atoms with Crippen LogP contribution in [0.5, 0.6) is 0 Å². The van der Waals surface area contributed by atoms with Gasteiger partial charge in [-0.3, -0.25) is 4.98 Å². The molecule has 5 nitrogen and oxygen atoms in total. The molecule has 1 aromatic rings. The van der Waals surface area contributed by atoms with E-state index in [1.807, 2.05) is 12.1 Å². The number of aromatic nitrogens is 1. The Balaban J connectivity index is 2.26. The molecule has 0 aliphatic carbocycles. The van der Waals surface area contributed by atoms with Crippen LogP contribution in [0.3, 0.4) is 0 Å². The van der Waals surface area contributed by atoms with E-state index in [2.05, 4.69) is 38.8 Å². The van der Waals surface area contributed by atoms with Crippen LogP contribution in [0.15, 0.2) is 36.7 Å². The summed E-state index contributed by atoms with van der Waals surface area (Å²) in [5.74, 6) is -1.10. The largest absolute Gasteiger partial charge is 0.478 e. The molecule has 132 valence electrons. The molecule has 1 aliphatic rings. The van der Waals surface area contributed by atoms with Crippen molar-refractivity contribution in [2.45, 2.75) is 51.1 Å². The van der Waals surface area contributed by atoms with Crippen molar-refractivity contribution in [2.24, 2.45) is 5.92 Å². The van der Waals surface area contributed by atoms with E-state index < -0.39 is 14.3 Å². The molecule has 0 saturated carbocycles. The highest BCUT2D eigenvalue weighted by Crippen LogP contribution is 2.43. The number of aliphatic carboxylic acids is 1. The van der Waals surface area contributed by atoms with Crippen LogP contribution >= 0.6 is 0 Å². The summed E-state index contributed by atoms with van der Waals surface area (Å²) in [6.07, 6.45) is 5.98. The number of carbonyl (C=O) groups is 1. The summed E-state index contributed by atoms with van der Waals surface area (Å²) < 4.78 is 12.5. The number of ether oxygens (including phenoxy) is 1. The zero-order chi connectivity index (χ0) is 18.0. The molecule has 0 spiro atoms. The van der Waals surface area contributed by atoms with Gasteiger partial charge in [0, 0.05) is 24.4 Å². The first kappa shape index (κ1) is 18.8. The third-order valence-corrected chi connectivity index (χ3v) is 9.45. The summed E-state index contributed by atoms with van der Waals surface area (Å²) in [6.45, 7) is 11.4. The molecule has 0 aromatic carbocycles. The van der Waals surface area contributed by atoms with Crippen LogP contribution in [0, 0.1) is 5.92 Å². The first-order chi connectivity index (χ1) is 11.1. The summed E-state index contributed by atoms with van der Waals surface area (Å²) >= 11 is 0. The minimum absolute atomic E-state index is 0.0838. The van der Waals surface area contributed by atoms with E-state index in [9.17, 15) is 4.79 Å². The Morgan fingerprint density at radius 2 is 2.17 bits per heavy atom. The third-order valence-electron chi connectivity index (χ3n) is 4.95. The fourth-order valence-electron chi connectivity index (χ4n) is 2.56. The minimum atomic E-state index is -1.98.